The third kappa shape index (κ3) is 5.97. The van der Waals surface area contributed by atoms with E-state index in [2.05, 4.69) is 97.1 Å². The lowest BCUT2D eigenvalue weighted by molar-refractivity contribution is 0.569. The van der Waals surface area contributed by atoms with Crippen LogP contribution in [0.2, 0.25) is 0 Å². The molecule has 0 N–H and O–H groups in total. The Hall–Kier alpha value is -6.91. The minimum atomic E-state index is -0.424. The zero-order valence-corrected chi connectivity index (χ0v) is 28.2. The lowest BCUT2D eigenvalue weighted by Crippen LogP contribution is -2.10. The molecule has 0 saturated carbocycles. The van der Waals surface area contributed by atoms with Crippen LogP contribution in [-0.2, 0) is 0 Å². The van der Waals surface area contributed by atoms with Crippen molar-refractivity contribution in [2.75, 3.05) is 0 Å². The molecular formula is C48H32N2O2. The second-order valence-electron chi connectivity index (χ2n) is 12.9. The summed E-state index contributed by atoms with van der Waals surface area (Å²) in [7, 11) is 0. The Morgan fingerprint density at radius 3 is 1.62 bits per heavy atom. The molecule has 0 unspecified atom stereocenters. The van der Waals surface area contributed by atoms with Crippen molar-refractivity contribution in [3.05, 3.63) is 209 Å². The fourth-order valence-electron chi connectivity index (χ4n) is 7.01. The van der Waals surface area contributed by atoms with Crippen LogP contribution >= 0.6 is 0 Å². The quantitative estimate of drug-likeness (QED) is 0.131. The molecule has 0 amide bonds. The van der Waals surface area contributed by atoms with Crippen LogP contribution in [0.5, 0.6) is 0 Å². The van der Waals surface area contributed by atoms with Crippen molar-refractivity contribution < 1.29 is 4.42 Å². The molecule has 7 aromatic carbocycles. The Morgan fingerprint density at radius 1 is 0.442 bits per heavy atom. The maximum Gasteiger partial charge on any atom is 0.344 e. The van der Waals surface area contributed by atoms with Crippen molar-refractivity contribution in [2.45, 2.75) is 6.42 Å². The lowest BCUT2D eigenvalue weighted by atomic mass is 9.92. The molecule has 2 heterocycles. The molecule has 0 radical (unpaired) electrons. The largest absolute Gasteiger partial charge is 0.422 e. The second-order valence-corrected chi connectivity index (χ2v) is 12.9. The average Bonchev–Trinajstić information content (AvgIpc) is 3.45. The smallest absolute Gasteiger partial charge is 0.344 e. The number of rotatable bonds is 6. The van der Waals surface area contributed by atoms with Crippen molar-refractivity contribution in [3.63, 3.8) is 0 Å². The van der Waals surface area contributed by atoms with Gasteiger partial charge in [0.25, 0.3) is 0 Å². The molecule has 0 atom stereocenters. The van der Waals surface area contributed by atoms with Crippen molar-refractivity contribution in [2.24, 2.45) is 9.98 Å². The summed E-state index contributed by atoms with van der Waals surface area (Å²) in [6, 6.07) is 59.6. The molecule has 0 saturated heterocycles. The van der Waals surface area contributed by atoms with Crippen LogP contribution in [0.3, 0.4) is 0 Å². The van der Waals surface area contributed by atoms with Crippen LogP contribution < -0.4 is 5.63 Å². The Morgan fingerprint density at radius 2 is 1.00 bits per heavy atom. The fraction of sp³-hybridized carbons (Fsp3) is 0.0208. The van der Waals surface area contributed by atoms with E-state index in [0.29, 0.717) is 28.8 Å². The van der Waals surface area contributed by atoms with Gasteiger partial charge in [-0.05, 0) is 74.8 Å². The van der Waals surface area contributed by atoms with Gasteiger partial charge in [0.05, 0.1) is 16.8 Å². The highest BCUT2D eigenvalue weighted by Gasteiger charge is 2.19. The van der Waals surface area contributed by atoms with Crippen LogP contribution in [0.1, 0.15) is 23.1 Å². The summed E-state index contributed by atoms with van der Waals surface area (Å²) in [4.78, 5) is 24.3. The molecule has 8 aromatic rings. The molecule has 9 rings (SSSR count). The molecule has 1 aromatic heterocycles. The minimum Gasteiger partial charge on any atom is -0.422 e. The molecule has 0 aliphatic carbocycles. The van der Waals surface area contributed by atoms with Crippen LogP contribution in [0.4, 0.5) is 0 Å². The summed E-state index contributed by atoms with van der Waals surface area (Å²) in [5.74, 6) is 0.478. The van der Waals surface area contributed by atoms with E-state index in [0.717, 1.165) is 66.7 Å². The summed E-state index contributed by atoms with van der Waals surface area (Å²) in [5.41, 5.74) is 10.9. The van der Waals surface area contributed by atoms with Gasteiger partial charge in [-0.15, -0.1) is 0 Å². The Balaban J connectivity index is 1.20. The van der Waals surface area contributed by atoms with Gasteiger partial charge >= 0.3 is 5.63 Å². The van der Waals surface area contributed by atoms with E-state index in [4.69, 9.17) is 14.4 Å². The number of amidine groups is 1. The monoisotopic (exact) mass is 668 g/mol. The maximum absolute atomic E-state index is 14.1. The normalized spacial score (nSPS) is 13.0. The van der Waals surface area contributed by atoms with Gasteiger partial charge in [-0.1, -0.05) is 152 Å². The number of fused-ring (bicyclic) bond motifs is 3. The first-order valence-corrected chi connectivity index (χ1v) is 17.4. The van der Waals surface area contributed by atoms with Crippen molar-refractivity contribution >= 4 is 39.0 Å². The zero-order valence-electron chi connectivity index (χ0n) is 28.2. The van der Waals surface area contributed by atoms with Gasteiger partial charge in [0.1, 0.15) is 5.58 Å². The highest BCUT2D eigenvalue weighted by molar-refractivity contribution is 6.21. The van der Waals surface area contributed by atoms with Gasteiger partial charge in [-0.25, -0.2) is 14.8 Å². The molecule has 0 bridgehead atoms. The van der Waals surface area contributed by atoms with Gasteiger partial charge in [-0.2, -0.15) is 0 Å². The van der Waals surface area contributed by atoms with Gasteiger partial charge in [0, 0.05) is 22.8 Å². The molecule has 52 heavy (non-hydrogen) atoms. The molecular weight excluding hydrogens is 637 g/mol. The molecule has 246 valence electrons. The van der Waals surface area contributed by atoms with Gasteiger partial charge < -0.3 is 4.42 Å². The number of allylic oxidation sites excluding steroid dienone is 1. The first kappa shape index (κ1) is 31.1. The standard InChI is InChI=1S/C48H32N2O2/c51-48-46-41(22-13-23-42(46)47-49-43(34-18-9-3-10-19-34)26-27-44(50-47)35-20-11-4-12-21-35)40-25-24-36(31-45(40)52-48)39-29-37(32-14-5-1-6-15-32)28-38(30-39)33-16-7-2-8-17-33/h1-26,28-31H,27H2. The predicted octanol–water partition coefficient (Wildman–Crippen LogP) is 11.6. The highest BCUT2D eigenvalue weighted by Crippen LogP contribution is 2.35. The lowest BCUT2D eigenvalue weighted by Gasteiger charge is -2.13. The van der Waals surface area contributed by atoms with Crippen molar-refractivity contribution in [3.8, 4) is 33.4 Å². The Kier molecular flexibility index (Phi) is 8.03. The zero-order chi connectivity index (χ0) is 34.9. The van der Waals surface area contributed by atoms with Gasteiger partial charge in [-0.3, -0.25) is 0 Å². The number of aliphatic imine (C=N–C) groups is 2. The first-order valence-electron chi connectivity index (χ1n) is 17.4. The van der Waals surface area contributed by atoms with E-state index in [9.17, 15) is 4.79 Å². The van der Waals surface area contributed by atoms with Crippen LogP contribution in [0.25, 0.3) is 60.8 Å². The number of hydrogen-bond donors (Lipinski definition) is 0. The number of benzene rings is 7. The minimum absolute atomic E-state index is 0.424. The highest BCUT2D eigenvalue weighted by atomic mass is 16.4. The average molecular weight is 669 g/mol. The molecule has 0 spiro atoms. The van der Waals surface area contributed by atoms with E-state index in [1.165, 1.54) is 0 Å². The van der Waals surface area contributed by atoms with Gasteiger partial charge in [0.15, 0.2) is 5.84 Å². The van der Waals surface area contributed by atoms with E-state index in [-0.39, 0.29) is 0 Å². The Bertz CT molecular complexity index is 2690. The molecule has 0 fully saturated rings. The molecule has 1 aliphatic rings. The third-order valence-electron chi connectivity index (χ3n) is 9.60. The summed E-state index contributed by atoms with van der Waals surface area (Å²) in [5, 5.41) is 2.11. The third-order valence-corrected chi connectivity index (χ3v) is 9.60. The summed E-state index contributed by atoms with van der Waals surface area (Å²) in [6.45, 7) is 0. The molecule has 4 heteroatoms. The summed E-state index contributed by atoms with van der Waals surface area (Å²) < 4.78 is 6.18. The fourth-order valence-corrected chi connectivity index (χ4v) is 7.01. The molecule has 4 nitrogen and oxygen atoms in total. The van der Waals surface area contributed by atoms with E-state index in [1.807, 2.05) is 84.9 Å². The van der Waals surface area contributed by atoms with Crippen LogP contribution in [0.15, 0.2) is 201 Å². The second kappa shape index (κ2) is 13.4. The SMILES string of the molecule is O=c1oc2cc(-c3cc(-c4ccccc4)cc(-c4ccccc4)c3)ccc2c2cccc(C3=NC(c4ccccc4)=CCC(c4ccccc4)=N3)c12. The van der Waals surface area contributed by atoms with E-state index >= 15 is 0 Å². The van der Waals surface area contributed by atoms with E-state index < -0.39 is 5.63 Å². The first-order chi connectivity index (χ1) is 25.7. The summed E-state index contributed by atoms with van der Waals surface area (Å²) >= 11 is 0. The van der Waals surface area contributed by atoms with Crippen LogP contribution in [-0.4, -0.2) is 11.5 Å². The summed E-state index contributed by atoms with van der Waals surface area (Å²) in [6.07, 6.45) is 2.71. The van der Waals surface area contributed by atoms with E-state index in [1.54, 1.807) is 0 Å². The Labute approximate surface area is 301 Å². The van der Waals surface area contributed by atoms with Gasteiger partial charge in [0.2, 0.25) is 0 Å². The predicted molar refractivity (Wildman–Crippen MR) is 215 cm³/mol. The van der Waals surface area contributed by atoms with Crippen molar-refractivity contribution in [1.82, 2.24) is 0 Å². The topological polar surface area (TPSA) is 54.9 Å². The number of nitrogens with zero attached hydrogens (tertiary/aromatic N) is 2. The van der Waals surface area contributed by atoms with Crippen LogP contribution in [0, 0.1) is 0 Å². The maximum atomic E-state index is 14.1. The van der Waals surface area contributed by atoms with Crippen molar-refractivity contribution in [1.29, 1.82) is 0 Å². The number of hydrogen-bond acceptors (Lipinski definition) is 4. The molecule has 1 aliphatic heterocycles.